The van der Waals surface area contributed by atoms with Crippen LogP contribution in [0.15, 0.2) is 0 Å². The molecule has 0 aromatic rings. The summed E-state index contributed by atoms with van der Waals surface area (Å²) >= 11 is 0. The molecule has 3 N–H and O–H groups in total. The molecule has 0 spiro atoms. The van der Waals surface area contributed by atoms with Crippen molar-refractivity contribution in [2.45, 2.75) is 38.8 Å². The van der Waals surface area contributed by atoms with E-state index < -0.39 is 18.0 Å². The van der Waals surface area contributed by atoms with Gasteiger partial charge in [0.1, 0.15) is 6.04 Å². The Morgan fingerprint density at radius 1 is 1.45 bits per heavy atom. The van der Waals surface area contributed by atoms with Crippen molar-refractivity contribution in [3.8, 4) is 0 Å². The molecule has 2 saturated heterocycles. The normalized spacial score (nSPS) is 26.9. The van der Waals surface area contributed by atoms with Crippen LogP contribution in [0.5, 0.6) is 0 Å². The first-order chi connectivity index (χ1) is 9.41. The third-order valence-corrected chi connectivity index (χ3v) is 4.07. The number of urea groups is 1. The molecule has 112 valence electrons. The van der Waals surface area contributed by atoms with Gasteiger partial charge in [0, 0.05) is 13.1 Å². The van der Waals surface area contributed by atoms with Crippen molar-refractivity contribution in [2.24, 2.45) is 11.8 Å². The van der Waals surface area contributed by atoms with E-state index in [1.54, 1.807) is 18.7 Å². The lowest BCUT2D eigenvalue weighted by Gasteiger charge is -2.36. The fourth-order valence-electron chi connectivity index (χ4n) is 2.93. The van der Waals surface area contributed by atoms with Gasteiger partial charge >= 0.3 is 12.0 Å². The number of amides is 3. The molecule has 2 fully saturated rings. The van der Waals surface area contributed by atoms with E-state index in [2.05, 4.69) is 10.6 Å². The minimum atomic E-state index is -1.04. The maximum Gasteiger partial charge on any atom is 0.326 e. The molecule has 2 aliphatic rings. The Bertz CT molecular complexity index is 424. The van der Waals surface area contributed by atoms with Crippen LogP contribution in [0.4, 0.5) is 4.79 Å². The van der Waals surface area contributed by atoms with Crippen molar-refractivity contribution in [1.82, 2.24) is 15.5 Å². The van der Waals surface area contributed by atoms with Crippen LogP contribution >= 0.6 is 0 Å². The second kappa shape index (κ2) is 5.68. The Hall–Kier alpha value is -1.79. The van der Waals surface area contributed by atoms with Gasteiger partial charge in [-0.3, -0.25) is 4.79 Å². The highest BCUT2D eigenvalue weighted by molar-refractivity contribution is 5.86. The van der Waals surface area contributed by atoms with Crippen LogP contribution in [0.25, 0.3) is 0 Å². The molecule has 2 aliphatic heterocycles. The van der Waals surface area contributed by atoms with Crippen LogP contribution in [0, 0.1) is 11.8 Å². The minimum Gasteiger partial charge on any atom is -0.480 e. The zero-order chi connectivity index (χ0) is 14.9. The van der Waals surface area contributed by atoms with E-state index in [-0.39, 0.29) is 23.8 Å². The number of hydrogen-bond acceptors (Lipinski definition) is 3. The Balaban J connectivity index is 2.05. The highest BCUT2D eigenvalue weighted by atomic mass is 16.4. The molecular formula is C13H21N3O4. The molecule has 0 aliphatic carbocycles. The summed E-state index contributed by atoms with van der Waals surface area (Å²) in [6, 6.07) is -1.46. The zero-order valence-electron chi connectivity index (χ0n) is 11.8. The molecule has 2 unspecified atom stereocenters. The lowest BCUT2D eigenvalue weighted by Crippen LogP contribution is -2.56. The first kappa shape index (κ1) is 14.6. The molecule has 0 bridgehead atoms. The smallest absolute Gasteiger partial charge is 0.326 e. The number of carbonyl (C=O) groups excluding carboxylic acids is 2. The predicted octanol–water partition coefficient (Wildman–Crippen LogP) is 0.0156. The molecule has 0 radical (unpaired) electrons. The van der Waals surface area contributed by atoms with Crippen LogP contribution < -0.4 is 10.6 Å². The van der Waals surface area contributed by atoms with Crippen molar-refractivity contribution in [3.63, 3.8) is 0 Å². The van der Waals surface area contributed by atoms with Crippen LogP contribution in [0.3, 0.4) is 0 Å². The van der Waals surface area contributed by atoms with Gasteiger partial charge in [-0.1, -0.05) is 13.8 Å². The summed E-state index contributed by atoms with van der Waals surface area (Å²) in [6.45, 7) is 4.51. The molecule has 2 rings (SSSR count). The molecule has 3 amide bonds. The summed E-state index contributed by atoms with van der Waals surface area (Å²) in [5.41, 5.74) is 0. The lowest BCUT2D eigenvalue weighted by atomic mass is 9.92. The third kappa shape index (κ3) is 2.71. The van der Waals surface area contributed by atoms with E-state index in [9.17, 15) is 14.4 Å². The van der Waals surface area contributed by atoms with Gasteiger partial charge in [-0.25, -0.2) is 9.59 Å². The first-order valence-corrected chi connectivity index (χ1v) is 6.99. The molecule has 7 nitrogen and oxygen atoms in total. The quantitative estimate of drug-likeness (QED) is 0.679. The average Bonchev–Trinajstić information content (AvgIpc) is 2.77. The molecule has 2 heterocycles. The van der Waals surface area contributed by atoms with Crippen molar-refractivity contribution in [3.05, 3.63) is 0 Å². The Morgan fingerprint density at radius 2 is 2.15 bits per heavy atom. The highest BCUT2D eigenvalue weighted by Gasteiger charge is 2.43. The monoisotopic (exact) mass is 283 g/mol. The van der Waals surface area contributed by atoms with Crippen molar-refractivity contribution in [2.75, 3.05) is 13.1 Å². The first-order valence-electron chi connectivity index (χ1n) is 6.99. The van der Waals surface area contributed by atoms with E-state index in [1.807, 2.05) is 0 Å². The number of hydrogen-bond donors (Lipinski definition) is 3. The standard InChI is InChI=1S/C13H21N3O4/c1-7(2)10(12(18)19)15-13(20)16-5-3-4-8-9(16)6-14-11(8)17/h7-10H,3-6H2,1-2H3,(H,14,17)(H,15,20)(H,18,19)/t8?,9?,10-/m0/s1. The summed E-state index contributed by atoms with van der Waals surface area (Å²) in [6.07, 6.45) is 1.55. The fraction of sp³-hybridized carbons (Fsp3) is 0.769. The van der Waals surface area contributed by atoms with Gasteiger partial charge in [-0.2, -0.15) is 0 Å². The lowest BCUT2D eigenvalue weighted by molar-refractivity contribution is -0.140. The van der Waals surface area contributed by atoms with Gasteiger partial charge in [0.15, 0.2) is 0 Å². The highest BCUT2D eigenvalue weighted by Crippen LogP contribution is 2.27. The van der Waals surface area contributed by atoms with Crippen molar-refractivity contribution >= 4 is 17.9 Å². The molecule has 7 heteroatoms. The maximum absolute atomic E-state index is 12.3. The van der Waals surface area contributed by atoms with E-state index in [0.717, 1.165) is 12.8 Å². The second-order valence-corrected chi connectivity index (χ2v) is 5.76. The summed E-state index contributed by atoms with van der Waals surface area (Å²) in [4.78, 5) is 36.7. The summed E-state index contributed by atoms with van der Waals surface area (Å²) in [5, 5.41) is 14.5. The van der Waals surface area contributed by atoms with E-state index in [4.69, 9.17) is 5.11 Å². The zero-order valence-corrected chi connectivity index (χ0v) is 11.8. The van der Waals surface area contributed by atoms with E-state index in [1.165, 1.54) is 0 Å². The number of carboxylic acid groups (broad SMARTS) is 1. The van der Waals surface area contributed by atoms with E-state index >= 15 is 0 Å². The summed E-state index contributed by atoms with van der Waals surface area (Å²) in [7, 11) is 0. The number of likely N-dealkylation sites (tertiary alicyclic amines) is 1. The van der Waals surface area contributed by atoms with Crippen LogP contribution in [-0.4, -0.2) is 53.1 Å². The fourth-order valence-corrected chi connectivity index (χ4v) is 2.93. The number of rotatable bonds is 3. The maximum atomic E-state index is 12.3. The second-order valence-electron chi connectivity index (χ2n) is 5.76. The summed E-state index contributed by atoms with van der Waals surface area (Å²) < 4.78 is 0. The summed E-state index contributed by atoms with van der Waals surface area (Å²) in [5.74, 6) is -1.40. The molecule has 20 heavy (non-hydrogen) atoms. The minimum absolute atomic E-state index is 0.00820. The average molecular weight is 283 g/mol. The van der Waals surface area contributed by atoms with Gasteiger partial charge in [-0.05, 0) is 18.8 Å². The van der Waals surface area contributed by atoms with Crippen molar-refractivity contribution < 1.29 is 19.5 Å². The van der Waals surface area contributed by atoms with E-state index in [0.29, 0.717) is 13.1 Å². The Kier molecular flexibility index (Phi) is 4.15. The van der Waals surface area contributed by atoms with Crippen LogP contribution in [0.1, 0.15) is 26.7 Å². The number of fused-ring (bicyclic) bond motifs is 1. The van der Waals surface area contributed by atoms with Crippen LogP contribution in [-0.2, 0) is 9.59 Å². The van der Waals surface area contributed by atoms with Gasteiger partial charge in [0.2, 0.25) is 5.91 Å². The largest absolute Gasteiger partial charge is 0.480 e. The van der Waals surface area contributed by atoms with Crippen molar-refractivity contribution in [1.29, 1.82) is 0 Å². The number of aliphatic carboxylic acids is 1. The number of piperidine rings is 1. The number of nitrogens with zero attached hydrogens (tertiary/aromatic N) is 1. The molecule has 3 atom stereocenters. The number of nitrogens with one attached hydrogen (secondary N) is 2. The molecule has 0 saturated carbocycles. The van der Waals surface area contributed by atoms with Gasteiger partial charge < -0.3 is 20.6 Å². The Labute approximate surface area is 117 Å². The predicted molar refractivity (Wildman–Crippen MR) is 71.0 cm³/mol. The Morgan fingerprint density at radius 3 is 2.75 bits per heavy atom. The number of carboxylic acids is 1. The van der Waals surface area contributed by atoms with Gasteiger partial charge in [0.05, 0.1) is 12.0 Å². The molecule has 0 aromatic carbocycles. The number of carbonyl (C=O) groups is 3. The topological polar surface area (TPSA) is 98.7 Å². The molecular weight excluding hydrogens is 262 g/mol. The molecule has 0 aromatic heterocycles. The van der Waals surface area contributed by atoms with Crippen LogP contribution in [0.2, 0.25) is 0 Å². The van der Waals surface area contributed by atoms with Gasteiger partial charge in [-0.15, -0.1) is 0 Å². The third-order valence-electron chi connectivity index (χ3n) is 4.07. The SMILES string of the molecule is CC(C)[C@H](NC(=O)N1CCCC2C(=O)NCC21)C(=O)O. The van der Waals surface area contributed by atoms with Gasteiger partial charge in [0.25, 0.3) is 0 Å².